The minimum Gasteiger partial charge on any atom is -0.495 e. The average molecular weight is 302 g/mol. The van der Waals surface area contributed by atoms with Gasteiger partial charge < -0.3 is 20.1 Å². The molecule has 0 aliphatic rings. The lowest BCUT2D eigenvalue weighted by Gasteiger charge is -2.09. The molecule has 116 valence electrons. The highest BCUT2D eigenvalue weighted by molar-refractivity contribution is 6.03. The predicted molar refractivity (Wildman–Crippen MR) is 83.3 cm³/mol. The first kappa shape index (κ1) is 15.7. The van der Waals surface area contributed by atoms with Crippen LogP contribution in [0.4, 0.5) is 11.5 Å². The normalized spacial score (nSPS) is 10.1. The van der Waals surface area contributed by atoms with Gasteiger partial charge in [0.2, 0.25) is 0 Å². The first-order chi connectivity index (χ1) is 10.7. The van der Waals surface area contributed by atoms with E-state index in [1.54, 1.807) is 26.4 Å². The van der Waals surface area contributed by atoms with Gasteiger partial charge in [0.25, 0.3) is 5.91 Å². The first-order valence-corrected chi connectivity index (χ1v) is 6.74. The van der Waals surface area contributed by atoms with Crippen LogP contribution in [0.25, 0.3) is 0 Å². The summed E-state index contributed by atoms with van der Waals surface area (Å²) in [4.78, 5) is 20.4. The van der Waals surface area contributed by atoms with Crippen molar-refractivity contribution in [1.82, 2.24) is 9.97 Å². The Morgan fingerprint density at radius 1 is 1.18 bits per heavy atom. The third-order valence-corrected chi connectivity index (χ3v) is 2.85. The SMILES string of the molecule is COCCNc1cnc(C(=O)Nc2ccccc2OC)cn1. The molecule has 0 spiro atoms. The third kappa shape index (κ3) is 4.16. The number of ether oxygens (including phenoxy) is 2. The van der Waals surface area contributed by atoms with Crippen LogP contribution in [0.5, 0.6) is 5.75 Å². The van der Waals surface area contributed by atoms with Crippen molar-refractivity contribution in [2.75, 3.05) is 38.0 Å². The number of nitrogens with one attached hydrogen (secondary N) is 2. The molecule has 2 rings (SSSR count). The highest BCUT2D eigenvalue weighted by Crippen LogP contribution is 2.23. The van der Waals surface area contributed by atoms with E-state index in [-0.39, 0.29) is 11.6 Å². The molecule has 7 heteroatoms. The van der Waals surface area contributed by atoms with E-state index >= 15 is 0 Å². The molecule has 1 aromatic carbocycles. The highest BCUT2D eigenvalue weighted by Gasteiger charge is 2.11. The van der Waals surface area contributed by atoms with Gasteiger partial charge in [0, 0.05) is 13.7 Å². The monoisotopic (exact) mass is 302 g/mol. The number of anilines is 2. The number of hydrogen-bond donors (Lipinski definition) is 2. The van der Waals surface area contributed by atoms with Crippen molar-refractivity contribution in [2.24, 2.45) is 0 Å². The Morgan fingerprint density at radius 2 is 2.00 bits per heavy atom. The zero-order chi connectivity index (χ0) is 15.8. The maximum Gasteiger partial charge on any atom is 0.275 e. The molecule has 0 saturated carbocycles. The van der Waals surface area contributed by atoms with Gasteiger partial charge in [0.1, 0.15) is 17.3 Å². The van der Waals surface area contributed by atoms with Gasteiger partial charge in [0.05, 0.1) is 31.8 Å². The van der Waals surface area contributed by atoms with Crippen molar-refractivity contribution in [1.29, 1.82) is 0 Å². The van der Waals surface area contributed by atoms with Gasteiger partial charge in [-0.1, -0.05) is 12.1 Å². The van der Waals surface area contributed by atoms with Crippen LogP contribution in [0.2, 0.25) is 0 Å². The van der Waals surface area contributed by atoms with Crippen LogP contribution in [0, 0.1) is 0 Å². The molecule has 1 amide bonds. The van der Waals surface area contributed by atoms with Gasteiger partial charge in [-0.2, -0.15) is 0 Å². The highest BCUT2D eigenvalue weighted by atomic mass is 16.5. The molecular formula is C15H18N4O3. The van der Waals surface area contributed by atoms with Gasteiger partial charge in [-0.3, -0.25) is 4.79 Å². The van der Waals surface area contributed by atoms with E-state index in [1.165, 1.54) is 12.4 Å². The smallest absolute Gasteiger partial charge is 0.275 e. The van der Waals surface area contributed by atoms with Crippen LogP contribution in [0.3, 0.4) is 0 Å². The van der Waals surface area contributed by atoms with E-state index in [0.29, 0.717) is 30.4 Å². The van der Waals surface area contributed by atoms with Gasteiger partial charge in [-0.05, 0) is 12.1 Å². The summed E-state index contributed by atoms with van der Waals surface area (Å²) in [5.74, 6) is 0.827. The molecular weight excluding hydrogens is 284 g/mol. The lowest BCUT2D eigenvalue weighted by atomic mass is 10.3. The summed E-state index contributed by atoms with van der Waals surface area (Å²) in [6.45, 7) is 1.19. The van der Waals surface area contributed by atoms with Crippen LogP contribution >= 0.6 is 0 Å². The van der Waals surface area contributed by atoms with E-state index in [4.69, 9.17) is 9.47 Å². The number of nitrogens with zero attached hydrogens (tertiary/aromatic N) is 2. The van der Waals surface area contributed by atoms with Gasteiger partial charge in [0.15, 0.2) is 0 Å². The summed E-state index contributed by atoms with van der Waals surface area (Å²) >= 11 is 0. The molecule has 0 aliphatic heterocycles. The van der Waals surface area contributed by atoms with Crippen LogP contribution in [-0.2, 0) is 4.74 Å². The maximum atomic E-state index is 12.1. The zero-order valence-corrected chi connectivity index (χ0v) is 12.5. The van der Waals surface area contributed by atoms with Crippen LogP contribution in [-0.4, -0.2) is 43.2 Å². The number of para-hydroxylation sites is 2. The standard InChI is InChI=1S/C15H18N4O3/c1-21-8-7-16-14-10-17-12(9-18-14)15(20)19-11-5-3-4-6-13(11)22-2/h3-6,9-10H,7-8H2,1-2H3,(H,16,18)(H,19,20). The van der Waals surface area contributed by atoms with Crippen molar-refractivity contribution in [3.05, 3.63) is 42.4 Å². The Morgan fingerprint density at radius 3 is 2.68 bits per heavy atom. The van der Waals surface area contributed by atoms with Crippen LogP contribution in [0.1, 0.15) is 10.5 Å². The lowest BCUT2D eigenvalue weighted by molar-refractivity contribution is 0.102. The van der Waals surface area contributed by atoms with Gasteiger partial charge in [-0.25, -0.2) is 9.97 Å². The number of carbonyl (C=O) groups excluding carboxylic acids is 1. The first-order valence-electron chi connectivity index (χ1n) is 6.74. The second-order valence-electron chi connectivity index (χ2n) is 4.36. The Hall–Kier alpha value is -2.67. The molecule has 1 heterocycles. The quantitative estimate of drug-likeness (QED) is 0.759. The Kier molecular flexibility index (Phi) is 5.67. The summed E-state index contributed by atoms with van der Waals surface area (Å²) in [6, 6.07) is 7.16. The molecule has 7 nitrogen and oxygen atoms in total. The molecule has 1 aromatic heterocycles. The predicted octanol–water partition coefficient (Wildman–Crippen LogP) is 1.80. The number of methoxy groups -OCH3 is 2. The number of aromatic nitrogens is 2. The number of hydrogen-bond acceptors (Lipinski definition) is 6. The Bertz CT molecular complexity index is 616. The number of amides is 1. The summed E-state index contributed by atoms with van der Waals surface area (Å²) in [5, 5.41) is 5.77. The number of rotatable bonds is 7. The lowest BCUT2D eigenvalue weighted by Crippen LogP contribution is -2.15. The summed E-state index contributed by atoms with van der Waals surface area (Å²) in [7, 11) is 3.17. The molecule has 0 aliphatic carbocycles. The number of carbonyl (C=O) groups is 1. The van der Waals surface area contributed by atoms with E-state index in [2.05, 4.69) is 20.6 Å². The zero-order valence-electron chi connectivity index (χ0n) is 12.5. The fraction of sp³-hybridized carbons (Fsp3) is 0.267. The van der Waals surface area contributed by atoms with Crippen molar-refractivity contribution in [2.45, 2.75) is 0 Å². The fourth-order valence-corrected chi connectivity index (χ4v) is 1.75. The molecule has 0 bridgehead atoms. The van der Waals surface area contributed by atoms with Crippen LogP contribution < -0.4 is 15.4 Å². The molecule has 22 heavy (non-hydrogen) atoms. The average Bonchev–Trinajstić information content (AvgIpc) is 2.56. The molecule has 0 unspecified atom stereocenters. The molecule has 0 saturated heterocycles. The van der Waals surface area contributed by atoms with E-state index in [0.717, 1.165) is 0 Å². The maximum absolute atomic E-state index is 12.1. The van der Waals surface area contributed by atoms with Crippen molar-refractivity contribution >= 4 is 17.4 Å². The van der Waals surface area contributed by atoms with Gasteiger partial charge >= 0.3 is 0 Å². The Labute approximate surface area is 128 Å². The minimum atomic E-state index is -0.347. The number of benzene rings is 1. The van der Waals surface area contributed by atoms with E-state index in [1.807, 2.05) is 12.1 Å². The van der Waals surface area contributed by atoms with Crippen molar-refractivity contribution < 1.29 is 14.3 Å². The minimum absolute atomic E-state index is 0.225. The van der Waals surface area contributed by atoms with Crippen molar-refractivity contribution in [3.63, 3.8) is 0 Å². The molecule has 0 atom stereocenters. The van der Waals surface area contributed by atoms with E-state index < -0.39 is 0 Å². The topological polar surface area (TPSA) is 85.4 Å². The summed E-state index contributed by atoms with van der Waals surface area (Å²) in [5.41, 5.74) is 0.808. The van der Waals surface area contributed by atoms with E-state index in [9.17, 15) is 4.79 Å². The van der Waals surface area contributed by atoms with Gasteiger partial charge in [-0.15, -0.1) is 0 Å². The second-order valence-corrected chi connectivity index (χ2v) is 4.36. The molecule has 2 N–H and O–H groups in total. The van der Waals surface area contributed by atoms with Crippen LogP contribution in [0.15, 0.2) is 36.7 Å². The third-order valence-electron chi connectivity index (χ3n) is 2.85. The molecule has 0 fully saturated rings. The largest absolute Gasteiger partial charge is 0.495 e. The molecule has 2 aromatic rings. The second kappa shape index (κ2) is 7.94. The summed E-state index contributed by atoms with van der Waals surface area (Å²) in [6.07, 6.45) is 2.92. The fourth-order valence-electron chi connectivity index (χ4n) is 1.75. The Balaban J connectivity index is 2.00. The van der Waals surface area contributed by atoms with Crippen molar-refractivity contribution in [3.8, 4) is 5.75 Å². The summed E-state index contributed by atoms with van der Waals surface area (Å²) < 4.78 is 10.1. The molecule has 0 radical (unpaired) electrons.